The van der Waals surface area contributed by atoms with E-state index in [4.69, 9.17) is 0 Å². The fourth-order valence-electron chi connectivity index (χ4n) is 7.78. The number of fused-ring (bicyclic) bond motifs is 9. The van der Waals surface area contributed by atoms with Gasteiger partial charge in [-0.2, -0.15) is 21.0 Å². The first-order chi connectivity index (χ1) is 21.6. The zero-order chi connectivity index (χ0) is 30.0. The molecule has 0 amide bonds. The third-order valence-electron chi connectivity index (χ3n) is 9.82. The Balaban J connectivity index is 1.26. The van der Waals surface area contributed by atoms with Crippen LogP contribution in [-0.4, -0.2) is 0 Å². The van der Waals surface area contributed by atoms with Gasteiger partial charge in [-0.1, -0.05) is 31.4 Å². The van der Waals surface area contributed by atoms with E-state index in [1.54, 1.807) is 5.56 Å². The smallest absolute Gasteiger partial charge is 0.132 e. The topological polar surface area (TPSA) is 95.2 Å². The molecule has 0 saturated heterocycles. The van der Waals surface area contributed by atoms with Gasteiger partial charge in [0.2, 0.25) is 0 Å². The van der Waals surface area contributed by atoms with Crippen molar-refractivity contribution >= 4 is 75.3 Å². The maximum Gasteiger partial charge on any atom is 0.132 e. The van der Waals surface area contributed by atoms with E-state index in [-0.39, 0.29) is 16.6 Å². The molecule has 0 bridgehead atoms. The van der Waals surface area contributed by atoms with Crippen molar-refractivity contribution in [3.05, 3.63) is 67.5 Å². The summed E-state index contributed by atoms with van der Waals surface area (Å²) >= 11 is 7.74. The lowest BCUT2D eigenvalue weighted by Gasteiger charge is -2.35. The standard InChI is InChI=1S/C36H26N4S4/c37-16-24(17-38)20-6-4-8-22(12-20)27-14-26-31(41-27)33-30(36(26)10-2-1-3-11-36)34-35(44-33)32-29(43-34)15-28(42-32)23-9-5-7-21(13-23)25(18-39)19-40/h12-15H,1-11H2. The van der Waals surface area contributed by atoms with Crippen molar-refractivity contribution in [1.29, 1.82) is 21.0 Å². The number of nitrogens with zero attached hydrogens (tertiary/aromatic N) is 4. The van der Waals surface area contributed by atoms with Crippen LogP contribution in [0, 0.1) is 45.3 Å². The Kier molecular flexibility index (Phi) is 6.75. The Morgan fingerprint density at radius 3 is 1.82 bits per heavy atom. The number of allylic oxidation sites excluding steroid dienone is 8. The highest BCUT2D eigenvalue weighted by molar-refractivity contribution is 7.40. The average molecular weight is 643 g/mol. The number of thiophene rings is 4. The quantitative estimate of drug-likeness (QED) is 0.203. The van der Waals surface area contributed by atoms with E-state index in [1.807, 2.05) is 45.3 Å². The molecule has 1 saturated carbocycles. The van der Waals surface area contributed by atoms with Crippen LogP contribution in [0.2, 0.25) is 0 Å². The summed E-state index contributed by atoms with van der Waals surface area (Å²) in [4.78, 5) is 5.48. The van der Waals surface area contributed by atoms with Crippen LogP contribution in [-0.2, 0) is 5.41 Å². The largest absolute Gasteiger partial charge is 0.192 e. The molecule has 8 heteroatoms. The van der Waals surface area contributed by atoms with Gasteiger partial charge in [0.05, 0.1) is 19.0 Å². The van der Waals surface area contributed by atoms with Crippen LogP contribution in [0.25, 0.3) is 39.7 Å². The molecular formula is C36H26N4S4. The summed E-state index contributed by atoms with van der Waals surface area (Å²) in [7, 11) is 0. The summed E-state index contributed by atoms with van der Waals surface area (Å²) in [6, 6.07) is 13.2. The van der Waals surface area contributed by atoms with Crippen molar-refractivity contribution in [1.82, 2.24) is 0 Å². The van der Waals surface area contributed by atoms with Gasteiger partial charge >= 0.3 is 0 Å². The summed E-state index contributed by atoms with van der Waals surface area (Å²) < 4.78 is 5.64. The summed E-state index contributed by atoms with van der Waals surface area (Å²) in [6.45, 7) is 0. The SMILES string of the molecule is N#CC(C#N)=C1C=C(c2cc3c(s2)-c2sc4c(sc5cc(C6=CC(=C(C#N)C#N)CCC6)sc54)c2C32CCCCC2)CCC1. The summed E-state index contributed by atoms with van der Waals surface area (Å²) in [6.07, 6.45) is 15.9. The molecule has 0 N–H and O–H groups in total. The maximum atomic E-state index is 9.48. The zero-order valence-electron chi connectivity index (χ0n) is 24.0. The Bertz CT molecular complexity index is 2170. The Labute approximate surface area is 272 Å². The van der Waals surface area contributed by atoms with E-state index in [0.717, 1.165) is 49.7 Å². The zero-order valence-corrected chi connectivity index (χ0v) is 27.3. The molecule has 1 fully saturated rings. The molecule has 4 heterocycles. The van der Waals surface area contributed by atoms with E-state index in [2.05, 4.69) is 48.6 Å². The first-order valence-corrected chi connectivity index (χ1v) is 18.5. The van der Waals surface area contributed by atoms with E-state index in [0.29, 0.717) is 0 Å². The molecule has 4 aliphatic carbocycles. The lowest BCUT2D eigenvalue weighted by Crippen LogP contribution is -2.27. The summed E-state index contributed by atoms with van der Waals surface area (Å²) in [5.74, 6) is 0. The van der Waals surface area contributed by atoms with E-state index >= 15 is 0 Å². The molecule has 4 nitrogen and oxygen atoms in total. The second-order valence-electron chi connectivity index (χ2n) is 12.2. The van der Waals surface area contributed by atoms with Gasteiger partial charge < -0.3 is 0 Å². The predicted octanol–water partition coefficient (Wildman–Crippen LogP) is 11.3. The van der Waals surface area contributed by atoms with Gasteiger partial charge in [-0.3, -0.25) is 0 Å². The normalized spacial score (nSPS) is 18.6. The molecule has 44 heavy (non-hydrogen) atoms. The van der Waals surface area contributed by atoms with Gasteiger partial charge in [0.1, 0.15) is 35.4 Å². The number of nitriles is 4. The van der Waals surface area contributed by atoms with Crippen molar-refractivity contribution in [2.24, 2.45) is 0 Å². The second kappa shape index (κ2) is 10.7. The van der Waals surface area contributed by atoms with Gasteiger partial charge in [0, 0.05) is 30.3 Å². The average Bonchev–Trinajstić information content (AvgIpc) is 3.85. The van der Waals surface area contributed by atoms with Gasteiger partial charge in [-0.05, 0) is 91.4 Å². The van der Waals surface area contributed by atoms with Crippen LogP contribution in [0.15, 0.2) is 46.6 Å². The second-order valence-corrected chi connectivity index (χ2v) is 16.3. The third kappa shape index (κ3) is 4.06. The molecule has 8 rings (SSSR count). The van der Waals surface area contributed by atoms with Gasteiger partial charge in [0.25, 0.3) is 0 Å². The highest BCUT2D eigenvalue weighted by Crippen LogP contribution is 2.65. The maximum absolute atomic E-state index is 9.48. The van der Waals surface area contributed by atoms with Crippen molar-refractivity contribution in [3.63, 3.8) is 0 Å². The van der Waals surface area contributed by atoms with Crippen molar-refractivity contribution in [2.75, 3.05) is 0 Å². The van der Waals surface area contributed by atoms with Gasteiger partial charge in [0.15, 0.2) is 0 Å². The van der Waals surface area contributed by atoms with Crippen molar-refractivity contribution in [3.8, 4) is 34.0 Å². The number of hydrogen-bond acceptors (Lipinski definition) is 8. The van der Waals surface area contributed by atoms with E-state index in [9.17, 15) is 21.0 Å². The number of hydrogen-bond donors (Lipinski definition) is 0. The van der Waals surface area contributed by atoms with Crippen LogP contribution in [0.3, 0.4) is 0 Å². The molecule has 4 aromatic rings. The Morgan fingerprint density at radius 2 is 1.20 bits per heavy atom. The highest BCUT2D eigenvalue weighted by atomic mass is 32.1. The molecule has 0 unspecified atom stereocenters. The lowest BCUT2D eigenvalue weighted by atomic mass is 9.68. The molecular weight excluding hydrogens is 617 g/mol. The molecule has 0 radical (unpaired) electrons. The fourth-order valence-corrected chi connectivity index (χ4v) is 13.7. The Hall–Kier alpha value is -3.76. The highest BCUT2D eigenvalue weighted by Gasteiger charge is 2.48. The lowest BCUT2D eigenvalue weighted by molar-refractivity contribution is 0.356. The molecule has 0 aromatic carbocycles. The molecule has 0 aliphatic heterocycles. The van der Waals surface area contributed by atoms with Crippen LogP contribution in [0.5, 0.6) is 0 Å². The molecule has 1 spiro atoms. The third-order valence-corrected chi connectivity index (χ3v) is 15.2. The minimum Gasteiger partial charge on any atom is -0.192 e. The van der Waals surface area contributed by atoms with Crippen molar-refractivity contribution in [2.45, 2.75) is 76.0 Å². The van der Waals surface area contributed by atoms with Crippen LogP contribution in [0.1, 0.15) is 91.5 Å². The minimum absolute atomic E-state index is 0.0840. The Morgan fingerprint density at radius 1 is 0.591 bits per heavy atom. The fraction of sp³-hybridized carbons (Fsp3) is 0.333. The van der Waals surface area contributed by atoms with Crippen LogP contribution >= 0.6 is 45.3 Å². The van der Waals surface area contributed by atoms with Crippen molar-refractivity contribution < 1.29 is 0 Å². The molecule has 4 aliphatic rings. The van der Waals surface area contributed by atoms with Crippen LogP contribution in [0.4, 0.5) is 0 Å². The van der Waals surface area contributed by atoms with Crippen LogP contribution < -0.4 is 0 Å². The summed E-state index contributed by atoms with van der Waals surface area (Å²) in [5, 5.41) is 37.8. The van der Waals surface area contributed by atoms with E-state index in [1.165, 1.54) is 87.1 Å². The molecule has 0 atom stereocenters. The first-order valence-electron chi connectivity index (χ1n) is 15.2. The summed E-state index contributed by atoms with van der Waals surface area (Å²) in [5.41, 5.74) is 7.97. The van der Waals surface area contributed by atoms with Gasteiger partial charge in [-0.15, -0.1) is 45.3 Å². The number of rotatable bonds is 2. The molecule has 214 valence electrons. The predicted molar refractivity (Wildman–Crippen MR) is 182 cm³/mol. The monoisotopic (exact) mass is 642 g/mol. The molecule has 4 aromatic heterocycles. The van der Waals surface area contributed by atoms with E-state index < -0.39 is 0 Å². The van der Waals surface area contributed by atoms with Gasteiger partial charge in [-0.25, -0.2) is 0 Å². The minimum atomic E-state index is 0.0840. The first kappa shape index (κ1) is 27.8.